The molecule has 0 unspecified atom stereocenters. The van der Waals surface area contributed by atoms with Crippen LogP contribution in [-0.2, 0) is 0 Å². The zero-order valence-electron chi connectivity index (χ0n) is 18.5. The fourth-order valence-corrected chi connectivity index (χ4v) is 6.93. The highest BCUT2D eigenvalue weighted by molar-refractivity contribution is 9.10. The zero-order chi connectivity index (χ0) is 23.1. The van der Waals surface area contributed by atoms with Crippen LogP contribution in [0.25, 0.3) is 69.5 Å². The van der Waals surface area contributed by atoms with Crippen molar-refractivity contribution in [2.24, 2.45) is 0 Å². The molecule has 0 fully saturated rings. The number of hydrogen-bond acceptors (Lipinski definition) is 2. The number of nitrogens with zero attached hydrogens (tertiary/aromatic N) is 2. The van der Waals surface area contributed by atoms with Gasteiger partial charge in [-0.3, -0.25) is 4.40 Å². The molecule has 4 heteroatoms. The fraction of sp³-hybridized carbons (Fsp3) is 0. The minimum absolute atomic E-state index is 1.03. The third-order valence-corrected chi connectivity index (χ3v) is 8.70. The lowest BCUT2D eigenvalue weighted by molar-refractivity contribution is 1.25. The molecule has 0 atom stereocenters. The van der Waals surface area contributed by atoms with E-state index in [1.165, 1.54) is 52.8 Å². The Bertz CT molecular complexity index is 2120. The molecule has 0 saturated heterocycles. The molecule has 2 nitrogen and oxygen atoms in total. The van der Waals surface area contributed by atoms with Gasteiger partial charge < -0.3 is 0 Å². The number of imidazole rings is 1. The molecule has 3 heterocycles. The van der Waals surface area contributed by atoms with Crippen LogP contribution >= 0.6 is 27.3 Å². The molecule has 0 aliphatic heterocycles. The third-order valence-electron chi connectivity index (χ3n) is 7.02. The standard InChI is InChI=1S/C31H17BrN2S/c32-22-11-9-18(10-12-22)28-23-8-4-3-7-21(23)17-27-29(28)24-13-14-34-26-16-20-6-2-1-5-19(20)15-25(26)33-31(34)30(24)35-27/h1-17H. The zero-order valence-corrected chi connectivity index (χ0v) is 20.9. The summed E-state index contributed by atoms with van der Waals surface area (Å²) in [7, 11) is 0. The fourth-order valence-electron chi connectivity index (χ4n) is 5.43. The Hall–Kier alpha value is -3.73. The second-order valence-corrected chi connectivity index (χ2v) is 11.0. The normalized spacial score (nSPS) is 12.1. The molecule has 0 spiro atoms. The summed E-state index contributed by atoms with van der Waals surface area (Å²) in [4.78, 5) is 5.14. The molecular formula is C31H17BrN2S. The maximum absolute atomic E-state index is 5.14. The molecule has 164 valence electrons. The van der Waals surface area contributed by atoms with Crippen molar-refractivity contribution in [2.45, 2.75) is 0 Å². The molecule has 5 aromatic carbocycles. The first-order valence-electron chi connectivity index (χ1n) is 11.6. The maximum Gasteiger partial charge on any atom is 0.156 e. The van der Waals surface area contributed by atoms with Gasteiger partial charge in [0.2, 0.25) is 0 Å². The van der Waals surface area contributed by atoms with E-state index in [2.05, 4.69) is 124 Å². The number of rotatable bonds is 1. The molecule has 0 aliphatic carbocycles. The van der Waals surface area contributed by atoms with Crippen molar-refractivity contribution in [1.29, 1.82) is 0 Å². The predicted octanol–water partition coefficient (Wildman–Crippen LogP) is 9.59. The van der Waals surface area contributed by atoms with Gasteiger partial charge in [0, 0.05) is 26.1 Å². The average Bonchev–Trinajstić information content (AvgIpc) is 3.44. The van der Waals surface area contributed by atoms with Crippen molar-refractivity contribution >= 4 is 85.7 Å². The van der Waals surface area contributed by atoms with Crippen LogP contribution in [0.5, 0.6) is 0 Å². The first-order valence-corrected chi connectivity index (χ1v) is 13.2. The number of benzene rings is 5. The van der Waals surface area contributed by atoms with Gasteiger partial charge >= 0.3 is 0 Å². The summed E-state index contributed by atoms with van der Waals surface area (Å²) in [5, 5.41) is 7.58. The van der Waals surface area contributed by atoms with E-state index in [4.69, 9.17) is 4.98 Å². The predicted molar refractivity (Wildman–Crippen MR) is 154 cm³/mol. The molecule has 0 aliphatic rings. The molecule has 35 heavy (non-hydrogen) atoms. The lowest BCUT2D eigenvalue weighted by Gasteiger charge is -2.10. The quantitative estimate of drug-likeness (QED) is 0.207. The number of pyridine rings is 1. The van der Waals surface area contributed by atoms with Gasteiger partial charge in [0.1, 0.15) is 0 Å². The summed E-state index contributed by atoms with van der Waals surface area (Å²) in [6.45, 7) is 0. The van der Waals surface area contributed by atoms with E-state index in [-0.39, 0.29) is 0 Å². The number of thiophene rings is 1. The van der Waals surface area contributed by atoms with Crippen LogP contribution in [-0.4, -0.2) is 9.38 Å². The van der Waals surface area contributed by atoms with E-state index < -0.39 is 0 Å². The Kier molecular flexibility index (Phi) is 3.99. The monoisotopic (exact) mass is 528 g/mol. The van der Waals surface area contributed by atoms with Gasteiger partial charge in [-0.1, -0.05) is 76.6 Å². The van der Waals surface area contributed by atoms with Crippen LogP contribution in [0.3, 0.4) is 0 Å². The van der Waals surface area contributed by atoms with Crippen molar-refractivity contribution in [3.05, 3.63) is 108 Å². The lowest BCUT2D eigenvalue weighted by Crippen LogP contribution is -1.86. The van der Waals surface area contributed by atoms with E-state index in [1.54, 1.807) is 0 Å². The average molecular weight is 529 g/mol. The highest BCUT2D eigenvalue weighted by Gasteiger charge is 2.18. The van der Waals surface area contributed by atoms with E-state index >= 15 is 0 Å². The van der Waals surface area contributed by atoms with Crippen LogP contribution in [0, 0.1) is 0 Å². The van der Waals surface area contributed by atoms with Crippen LogP contribution in [0.2, 0.25) is 0 Å². The molecule has 3 aromatic heterocycles. The maximum atomic E-state index is 5.14. The highest BCUT2D eigenvalue weighted by atomic mass is 79.9. The first kappa shape index (κ1) is 19.6. The van der Waals surface area contributed by atoms with Crippen molar-refractivity contribution < 1.29 is 0 Å². The van der Waals surface area contributed by atoms with Crippen LogP contribution in [0.4, 0.5) is 0 Å². The van der Waals surface area contributed by atoms with Crippen molar-refractivity contribution in [3.8, 4) is 11.1 Å². The minimum Gasteiger partial charge on any atom is -0.298 e. The van der Waals surface area contributed by atoms with Gasteiger partial charge in [0.25, 0.3) is 0 Å². The SMILES string of the molecule is Brc1ccc(-c2c3ccccc3cc3sc4c(ccn5c6cc7ccccc7cc6nc45)c23)cc1. The topological polar surface area (TPSA) is 17.3 Å². The van der Waals surface area contributed by atoms with Gasteiger partial charge in [-0.15, -0.1) is 11.3 Å². The van der Waals surface area contributed by atoms with Crippen molar-refractivity contribution in [3.63, 3.8) is 0 Å². The van der Waals surface area contributed by atoms with Gasteiger partial charge in [0.15, 0.2) is 5.65 Å². The summed E-state index contributed by atoms with van der Waals surface area (Å²) in [5.41, 5.74) is 5.74. The second-order valence-electron chi connectivity index (χ2n) is 9.01. The second kappa shape index (κ2) is 7.14. The molecule has 0 bridgehead atoms. The van der Waals surface area contributed by atoms with Gasteiger partial charge in [-0.2, -0.15) is 0 Å². The van der Waals surface area contributed by atoms with E-state index in [1.807, 2.05) is 11.3 Å². The first-order chi connectivity index (χ1) is 17.2. The smallest absolute Gasteiger partial charge is 0.156 e. The molecule has 0 radical (unpaired) electrons. The van der Waals surface area contributed by atoms with Crippen LogP contribution in [0.1, 0.15) is 0 Å². The Morgan fingerprint density at radius 3 is 2.29 bits per heavy atom. The Morgan fingerprint density at radius 1 is 0.714 bits per heavy atom. The number of halogens is 1. The molecule has 8 rings (SSSR count). The molecule has 0 N–H and O–H groups in total. The molecule has 0 amide bonds. The Morgan fingerprint density at radius 2 is 1.46 bits per heavy atom. The lowest BCUT2D eigenvalue weighted by atomic mass is 9.93. The van der Waals surface area contributed by atoms with Crippen molar-refractivity contribution in [1.82, 2.24) is 9.38 Å². The summed E-state index contributed by atoms with van der Waals surface area (Å²) in [6, 6.07) is 35.0. The minimum atomic E-state index is 1.03. The summed E-state index contributed by atoms with van der Waals surface area (Å²) >= 11 is 5.45. The van der Waals surface area contributed by atoms with Crippen LogP contribution < -0.4 is 0 Å². The largest absolute Gasteiger partial charge is 0.298 e. The summed E-state index contributed by atoms with van der Waals surface area (Å²) < 4.78 is 5.86. The van der Waals surface area contributed by atoms with E-state index in [0.29, 0.717) is 0 Å². The van der Waals surface area contributed by atoms with Crippen LogP contribution in [0.15, 0.2) is 108 Å². The number of hydrogen-bond donors (Lipinski definition) is 0. The van der Waals surface area contributed by atoms with Gasteiger partial charge in [-0.25, -0.2) is 4.98 Å². The van der Waals surface area contributed by atoms with E-state index in [0.717, 1.165) is 21.2 Å². The number of fused-ring (bicyclic) bond motifs is 9. The summed E-state index contributed by atoms with van der Waals surface area (Å²) in [6.07, 6.45) is 2.19. The third kappa shape index (κ3) is 2.78. The Labute approximate surface area is 213 Å². The molecule has 8 aromatic rings. The van der Waals surface area contributed by atoms with Crippen molar-refractivity contribution in [2.75, 3.05) is 0 Å². The van der Waals surface area contributed by atoms with Gasteiger partial charge in [0.05, 0.1) is 15.7 Å². The number of aromatic nitrogens is 2. The summed E-state index contributed by atoms with van der Waals surface area (Å²) in [5.74, 6) is 0. The molecular weight excluding hydrogens is 512 g/mol. The van der Waals surface area contributed by atoms with Gasteiger partial charge in [-0.05, 0) is 69.1 Å². The highest BCUT2D eigenvalue weighted by Crippen LogP contribution is 2.45. The Balaban J connectivity index is 1.54. The van der Waals surface area contributed by atoms with E-state index in [9.17, 15) is 0 Å². The molecule has 0 saturated carbocycles.